The molecule has 0 amide bonds. The number of carboxylic acid groups (broad SMARTS) is 1. The lowest BCUT2D eigenvalue weighted by molar-refractivity contribution is -0.139. The molecule has 1 heterocycles. The first-order valence-corrected chi connectivity index (χ1v) is 5.13. The second-order valence-electron chi connectivity index (χ2n) is 3.56. The van der Waals surface area contributed by atoms with Gasteiger partial charge < -0.3 is 14.4 Å². The van der Waals surface area contributed by atoms with Crippen molar-refractivity contribution < 1.29 is 14.6 Å². The summed E-state index contributed by atoms with van der Waals surface area (Å²) < 4.78 is 7.03. The zero-order valence-corrected chi connectivity index (χ0v) is 9.11. The molecular weight excluding hydrogens is 220 g/mol. The number of rotatable bonds is 5. The van der Waals surface area contributed by atoms with Crippen LogP contribution in [0.1, 0.15) is 5.56 Å². The fraction of sp³-hybridized carbons (Fsp3) is 0.167. The smallest absolute Gasteiger partial charge is 0.341 e. The summed E-state index contributed by atoms with van der Waals surface area (Å²) in [7, 11) is 0. The topological polar surface area (TPSA) is 64.3 Å². The van der Waals surface area contributed by atoms with Gasteiger partial charge in [-0.1, -0.05) is 12.1 Å². The third-order valence-electron chi connectivity index (χ3n) is 2.19. The first-order valence-electron chi connectivity index (χ1n) is 5.13. The molecule has 0 radical (unpaired) electrons. The minimum atomic E-state index is -0.981. The van der Waals surface area contributed by atoms with Gasteiger partial charge in [-0.25, -0.2) is 9.78 Å². The third kappa shape index (κ3) is 3.34. The molecule has 0 unspecified atom stereocenters. The van der Waals surface area contributed by atoms with E-state index in [-0.39, 0.29) is 6.61 Å². The molecule has 2 rings (SSSR count). The molecule has 0 bridgehead atoms. The summed E-state index contributed by atoms with van der Waals surface area (Å²) in [6.07, 6.45) is 5.31. The Labute approximate surface area is 98.3 Å². The Morgan fingerprint density at radius 1 is 1.47 bits per heavy atom. The number of aromatic nitrogens is 2. The van der Waals surface area contributed by atoms with E-state index in [4.69, 9.17) is 9.84 Å². The average Bonchev–Trinajstić information content (AvgIpc) is 2.80. The number of nitrogens with zero attached hydrogens (tertiary/aromatic N) is 2. The van der Waals surface area contributed by atoms with Crippen molar-refractivity contribution in [2.75, 3.05) is 6.61 Å². The number of aliphatic carboxylic acids is 1. The molecule has 5 nitrogen and oxygen atoms in total. The first kappa shape index (κ1) is 11.2. The second-order valence-corrected chi connectivity index (χ2v) is 3.56. The van der Waals surface area contributed by atoms with E-state index in [1.807, 2.05) is 29.0 Å². The van der Waals surface area contributed by atoms with E-state index >= 15 is 0 Å². The van der Waals surface area contributed by atoms with Crippen LogP contribution in [0.25, 0.3) is 0 Å². The van der Waals surface area contributed by atoms with E-state index in [9.17, 15) is 4.79 Å². The summed E-state index contributed by atoms with van der Waals surface area (Å²) in [6.45, 7) is 0.360. The maximum absolute atomic E-state index is 10.4. The van der Waals surface area contributed by atoms with Gasteiger partial charge in [0.1, 0.15) is 5.75 Å². The molecule has 1 aromatic heterocycles. The Morgan fingerprint density at radius 2 is 2.35 bits per heavy atom. The Balaban J connectivity index is 2.03. The summed E-state index contributed by atoms with van der Waals surface area (Å²) in [5.74, 6) is -0.421. The molecule has 0 aliphatic heterocycles. The van der Waals surface area contributed by atoms with Gasteiger partial charge in [0.05, 0.1) is 6.33 Å². The zero-order chi connectivity index (χ0) is 12.1. The van der Waals surface area contributed by atoms with E-state index in [1.54, 1.807) is 18.6 Å². The number of imidazole rings is 1. The van der Waals surface area contributed by atoms with Crippen LogP contribution in [0.5, 0.6) is 5.75 Å². The Morgan fingerprint density at radius 3 is 3.06 bits per heavy atom. The number of carbonyl (C=O) groups is 1. The normalized spacial score (nSPS) is 10.1. The van der Waals surface area contributed by atoms with Crippen LogP contribution in [-0.2, 0) is 11.3 Å². The summed E-state index contributed by atoms with van der Waals surface area (Å²) in [5.41, 5.74) is 1.03. The maximum atomic E-state index is 10.4. The highest BCUT2D eigenvalue weighted by Crippen LogP contribution is 2.14. The average molecular weight is 232 g/mol. The van der Waals surface area contributed by atoms with Crippen molar-refractivity contribution in [1.29, 1.82) is 0 Å². The molecule has 88 valence electrons. The van der Waals surface area contributed by atoms with Gasteiger partial charge in [0.25, 0.3) is 0 Å². The monoisotopic (exact) mass is 232 g/mol. The van der Waals surface area contributed by atoms with Gasteiger partial charge in [0, 0.05) is 18.9 Å². The lowest BCUT2D eigenvalue weighted by atomic mass is 10.2. The Bertz CT molecular complexity index is 494. The predicted molar refractivity (Wildman–Crippen MR) is 60.9 cm³/mol. The van der Waals surface area contributed by atoms with Crippen molar-refractivity contribution in [1.82, 2.24) is 9.55 Å². The van der Waals surface area contributed by atoms with Gasteiger partial charge >= 0.3 is 5.97 Å². The van der Waals surface area contributed by atoms with Crippen LogP contribution in [-0.4, -0.2) is 27.2 Å². The molecule has 0 saturated carbocycles. The van der Waals surface area contributed by atoms with Crippen LogP contribution in [0.2, 0.25) is 0 Å². The van der Waals surface area contributed by atoms with Crippen molar-refractivity contribution in [2.45, 2.75) is 6.54 Å². The zero-order valence-electron chi connectivity index (χ0n) is 9.11. The van der Waals surface area contributed by atoms with Gasteiger partial charge in [-0.15, -0.1) is 0 Å². The number of benzene rings is 1. The SMILES string of the molecule is O=C(O)COc1cccc(Cn2ccnc2)c1. The molecule has 0 aliphatic rings. The second kappa shape index (κ2) is 5.16. The van der Waals surface area contributed by atoms with E-state index in [0.29, 0.717) is 12.3 Å². The molecule has 0 spiro atoms. The summed E-state index contributed by atoms with van der Waals surface area (Å²) in [5, 5.41) is 8.51. The van der Waals surface area contributed by atoms with Crippen LogP contribution < -0.4 is 4.74 Å². The van der Waals surface area contributed by atoms with Crippen molar-refractivity contribution in [3.05, 3.63) is 48.5 Å². The van der Waals surface area contributed by atoms with Crippen LogP contribution in [0, 0.1) is 0 Å². The molecule has 0 atom stereocenters. The molecular formula is C12H12N2O3. The molecule has 5 heteroatoms. The summed E-state index contributed by atoms with van der Waals surface area (Å²) >= 11 is 0. The molecule has 17 heavy (non-hydrogen) atoms. The quantitative estimate of drug-likeness (QED) is 0.846. The van der Waals surface area contributed by atoms with Gasteiger partial charge in [-0.2, -0.15) is 0 Å². The third-order valence-corrected chi connectivity index (χ3v) is 2.19. The van der Waals surface area contributed by atoms with Crippen LogP contribution >= 0.6 is 0 Å². The Hall–Kier alpha value is -2.30. The summed E-state index contributed by atoms with van der Waals surface area (Å²) in [4.78, 5) is 14.3. The lowest BCUT2D eigenvalue weighted by Crippen LogP contribution is -2.09. The standard InChI is InChI=1S/C12H12N2O3/c15-12(16)8-17-11-3-1-2-10(6-11)7-14-5-4-13-9-14/h1-6,9H,7-8H2,(H,15,16). The van der Waals surface area contributed by atoms with Gasteiger partial charge in [0.15, 0.2) is 6.61 Å². The number of hydrogen-bond donors (Lipinski definition) is 1. The molecule has 1 aromatic carbocycles. The molecule has 0 saturated heterocycles. The first-order chi connectivity index (χ1) is 8.24. The van der Waals surface area contributed by atoms with E-state index in [1.165, 1.54) is 0 Å². The van der Waals surface area contributed by atoms with E-state index < -0.39 is 5.97 Å². The molecule has 0 fully saturated rings. The van der Waals surface area contributed by atoms with Crippen molar-refractivity contribution in [3.8, 4) is 5.75 Å². The largest absolute Gasteiger partial charge is 0.482 e. The number of carboxylic acids is 1. The lowest BCUT2D eigenvalue weighted by Gasteiger charge is -2.06. The maximum Gasteiger partial charge on any atom is 0.341 e. The fourth-order valence-electron chi connectivity index (χ4n) is 1.47. The molecule has 1 N–H and O–H groups in total. The van der Waals surface area contributed by atoms with Crippen molar-refractivity contribution in [2.24, 2.45) is 0 Å². The highest BCUT2D eigenvalue weighted by atomic mass is 16.5. The highest BCUT2D eigenvalue weighted by molar-refractivity contribution is 5.68. The molecule has 2 aromatic rings. The van der Waals surface area contributed by atoms with Crippen LogP contribution in [0.4, 0.5) is 0 Å². The van der Waals surface area contributed by atoms with Gasteiger partial charge in [0.2, 0.25) is 0 Å². The van der Waals surface area contributed by atoms with Gasteiger partial charge in [-0.05, 0) is 17.7 Å². The van der Waals surface area contributed by atoms with Crippen LogP contribution in [0.15, 0.2) is 43.0 Å². The van der Waals surface area contributed by atoms with Crippen molar-refractivity contribution >= 4 is 5.97 Å². The summed E-state index contributed by atoms with van der Waals surface area (Å²) in [6, 6.07) is 7.35. The Kier molecular flexibility index (Phi) is 3.40. The fourth-order valence-corrected chi connectivity index (χ4v) is 1.47. The predicted octanol–water partition coefficient (Wildman–Crippen LogP) is 1.39. The minimum Gasteiger partial charge on any atom is -0.482 e. The number of hydrogen-bond acceptors (Lipinski definition) is 3. The minimum absolute atomic E-state index is 0.325. The van der Waals surface area contributed by atoms with E-state index in [0.717, 1.165) is 5.56 Å². The number of ether oxygens (including phenoxy) is 1. The van der Waals surface area contributed by atoms with Crippen LogP contribution in [0.3, 0.4) is 0 Å². The highest BCUT2D eigenvalue weighted by Gasteiger charge is 2.01. The molecule has 0 aliphatic carbocycles. The van der Waals surface area contributed by atoms with Crippen molar-refractivity contribution in [3.63, 3.8) is 0 Å². The van der Waals surface area contributed by atoms with Gasteiger partial charge in [-0.3, -0.25) is 0 Å². The van der Waals surface area contributed by atoms with E-state index in [2.05, 4.69) is 4.98 Å².